The third kappa shape index (κ3) is 4.12. The molecule has 0 rings (SSSR count). The Morgan fingerprint density at radius 3 is 2.43 bits per heavy atom. The number of aliphatic imine (C=N–C) groups is 1. The van der Waals surface area contributed by atoms with Crippen LogP contribution >= 0.6 is 0 Å². The molecule has 0 bridgehead atoms. The lowest BCUT2D eigenvalue weighted by Crippen LogP contribution is -2.35. The largest absolute Gasteiger partial charge is 0.327 e. The van der Waals surface area contributed by atoms with Crippen molar-refractivity contribution in [2.75, 3.05) is 0 Å². The lowest BCUT2D eigenvalue weighted by Gasteiger charge is -2.07. The van der Waals surface area contributed by atoms with Gasteiger partial charge in [0, 0.05) is 6.21 Å². The second-order valence-electron chi connectivity index (χ2n) is 2.36. The van der Waals surface area contributed by atoms with E-state index in [2.05, 4.69) is 22.3 Å². The highest BCUT2D eigenvalue weighted by molar-refractivity contribution is 6.61. The minimum atomic E-state index is -0.159. The Morgan fingerprint density at radius 2 is 2.07 bits per heavy atom. The molecule has 0 aliphatic heterocycles. The summed E-state index contributed by atoms with van der Waals surface area (Å²) in [5.74, 6) is 5.33. The van der Waals surface area contributed by atoms with Crippen LogP contribution in [-0.2, 0) is 0 Å². The molecule has 0 aliphatic carbocycles. The van der Waals surface area contributed by atoms with E-state index in [0.717, 1.165) is 6.21 Å². The fourth-order valence-corrected chi connectivity index (χ4v) is 0.569. The van der Waals surface area contributed by atoms with E-state index in [4.69, 9.17) is 22.1 Å². The zero-order valence-electron chi connectivity index (χ0n) is 7.81. The van der Waals surface area contributed by atoms with Gasteiger partial charge in [0.1, 0.15) is 11.5 Å². The van der Waals surface area contributed by atoms with E-state index in [1.165, 1.54) is 6.92 Å². The third-order valence-electron chi connectivity index (χ3n) is 1.12. The van der Waals surface area contributed by atoms with Gasteiger partial charge in [-0.1, -0.05) is 6.58 Å². The maximum absolute atomic E-state index is 7.31. The maximum atomic E-state index is 7.31. The Labute approximate surface area is 81.6 Å². The Morgan fingerprint density at radius 1 is 1.50 bits per heavy atom. The standard InChI is InChI=1S/C7H13N7/c1-4(9)12-7(6(10)3-8)13-5(2)14-11/h3,8,10,14H,2,11H2,1H3,(H2,9,12,13). The van der Waals surface area contributed by atoms with Gasteiger partial charge in [-0.25, -0.2) is 10.8 Å². The van der Waals surface area contributed by atoms with Crippen molar-refractivity contribution in [1.82, 2.24) is 10.7 Å². The molecule has 0 aromatic rings. The lowest BCUT2D eigenvalue weighted by molar-refractivity contribution is 0.874. The molecular formula is C7H13N7. The van der Waals surface area contributed by atoms with Crippen LogP contribution in [0.25, 0.3) is 0 Å². The molecule has 0 fully saturated rings. The van der Waals surface area contributed by atoms with Crippen LogP contribution in [0.1, 0.15) is 6.92 Å². The lowest BCUT2D eigenvalue weighted by atomic mass is 10.3. The van der Waals surface area contributed by atoms with Gasteiger partial charge in [-0.2, -0.15) is 0 Å². The maximum Gasteiger partial charge on any atom is 0.160 e. The molecule has 7 nitrogen and oxygen atoms in total. The first kappa shape index (κ1) is 12.0. The minimum absolute atomic E-state index is 0.0513. The summed E-state index contributed by atoms with van der Waals surface area (Å²) in [6, 6.07) is 0. The van der Waals surface area contributed by atoms with Crippen LogP contribution in [-0.4, -0.2) is 23.6 Å². The van der Waals surface area contributed by atoms with E-state index < -0.39 is 0 Å². The van der Waals surface area contributed by atoms with Crippen LogP contribution in [0.5, 0.6) is 0 Å². The number of hydrogen-bond acceptors (Lipinski definition) is 6. The molecule has 0 saturated heterocycles. The van der Waals surface area contributed by atoms with E-state index >= 15 is 0 Å². The molecule has 0 radical (unpaired) electrons. The van der Waals surface area contributed by atoms with Crippen molar-refractivity contribution >= 4 is 23.6 Å². The summed E-state index contributed by atoms with van der Waals surface area (Å²) in [5.41, 5.74) is 2.02. The molecule has 0 aromatic carbocycles. The Hall–Kier alpha value is -2.02. The van der Waals surface area contributed by atoms with E-state index in [-0.39, 0.29) is 23.2 Å². The van der Waals surface area contributed by atoms with Gasteiger partial charge in [-0.05, 0) is 6.92 Å². The van der Waals surface area contributed by atoms with Gasteiger partial charge in [-0.3, -0.25) is 10.8 Å². The van der Waals surface area contributed by atoms with Gasteiger partial charge in [0.15, 0.2) is 5.84 Å². The van der Waals surface area contributed by atoms with Crippen molar-refractivity contribution in [3.8, 4) is 0 Å². The van der Waals surface area contributed by atoms with Gasteiger partial charge in [0.05, 0.1) is 5.84 Å². The van der Waals surface area contributed by atoms with Crippen LogP contribution in [0.3, 0.4) is 0 Å². The Kier molecular flexibility index (Phi) is 4.79. The molecule has 0 spiro atoms. The van der Waals surface area contributed by atoms with Crippen molar-refractivity contribution in [2.24, 2.45) is 10.8 Å². The molecule has 0 atom stereocenters. The van der Waals surface area contributed by atoms with Gasteiger partial charge in [0.25, 0.3) is 0 Å². The second-order valence-corrected chi connectivity index (χ2v) is 2.36. The number of hydrazine groups is 1. The molecule has 0 aromatic heterocycles. The highest BCUT2D eigenvalue weighted by Gasteiger charge is 2.04. The van der Waals surface area contributed by atoms with Crippen LogP contribution in [0.4, 0.5) is 0 Å². The summed E-state index contributed by atoms with van der Waals surface area (Å²) in [6.07, 6.45) is 0.804. The van der Waals surface area contributed by atoms with E-state index in [0.29, 0.717) is 0 Å². The SMILES string of the molecule is C=C(N=C(NC(C)=N)C(=N)C=N)NN. The molecule has 7 N–H and O–H groups in total. The van der Waals surface area contributed by atoms with Gasteiger partial charge < -0.3 is 16.2 Å². The van der Waals surface area contributed by atoms with Crippen molar-refractivity contribution in [3.05, 3.63) is 12.4 Å². The van der Waals surface area contributed by atoms with Crippen LogP contribution < -0.4 is 16.6 Å². The number of nitrogens with zero attached hydrogens (tertiary/aromatic N) is 1. The normalized spacial score (nSPS) is 10.3. The monoisotopic (exact) mass is 195 g/mol. The third-order valence-corrected chi connectivity index (χ3v) is 1.12. The summed E-state index contributed by atoms with van der Waals surface area (Å²) >= 11 is 0. The van der Waals surface area contributed by atoms with Gasteiger partial charge in [0.2, 0.25) is 0 Å². The van der Waals surface area contributed by atoms with E-state index in [1.54, 1.807) is 0 Å². The van der Waals surface area contributed by atoms with Gasteiger partial charge >= 0.3 is 0 Å². The number of nitrogens with two attached hydrogens (primary N) is 1. The summed E-state index contributed by atoms with van der Waals surface area (Å²) in [4.78, 5) is 3.76. The van der Waals surface area contributed by atoms with E-state index in [1.807, 2.05) is 0 Å². The first-order valence-corrected chi connectivity index (χ1v) is 3.67. The highest BCUT2D eigenvalue weighted by atomic mass is 15.3. The molecule has 76 valence electrons. The summed E-state index contributed by atoms with van der Waals surface area (Å²) in [5, 5.41) is 23.8. The molecule has 0 amide bonds. The van der Waals surface area contributed by atoms with Crippen LogP contribution in [0.15, 0.2) is 17.4 Å². The highest BCUT2D eigenvalue weighted by Crippen LogP contribution is 1.86. The zero-order valence-corrected chi connectivity index (χ0v) is 7.81. The average Bonchev–Trinajstić information content (AvgIpc) is 2.14. The van der Waals surface area contributed by atoms with Crippen LogP contribution in [0, 0.1) is 16.2 Å². The predicted octanol–water partition coefficient (Wildman–Crippen LogP) is -0.424. The first-order valence-electron chi connectivity index (χ1n) is 3.67. The van der Waals surface area contributed by atoms with Crippen molar-refractivity contribution < 1.29 is 0 Å². The molecule has 0 heterocycles. The average molecular weight is 195 g/mol. The quantitative estimate of drug-likeness (QED) is 0.157. The Bertz CT molecular complexity index is 301. The topological polar surface area (TPSA) is 134 Å². The van der Waals surface area contributed by atoms with Crippen LogP contribution in [0.2, 0.25) is 0 Å². The number of nitrogens with one attached hydrogen (secondary N) is 5. The number of amidine groups is 2. The second kappa shape index (κ2) is 5.60. The summed E-state index contributed by atoms with van der Waals surface area (Å²) in [7, 11) is 0. The van der Waals surface area contributed by atoms with Crippen molar-refractivity contribution in [2.45, 2.75) is 6.92 Å². The first-order chi connectivity index (χ1) is 6.51. The van der Waals surface area contributed by atoms with Crippen molar-refractivity contribution in [1.29, 1.82) is 16.2 Å². The van der Waals surface area contributed by atoms with Crippen molar-refractivity contribution in [3.63, 3.8) is 0 Å². The Balaban J connectivity index is 4.79. The predicted molar refractivity (Wildman–Crippen MR) is 56.9 cm³/mol. The molecule has 14 heavy (non-hydrogen) atoms. The zero-order chi connectivity index (χ0) is 11.1. The summed E-state index contributed by atoms with van der Waals surface area (Å²) < 4.78 is 0. The molecular weight excluding hydrogens is 182 g/mol. The fraction of sp³-hybridized carbons (Fsp3) is 0.143. The fourth-order valence-electron chi connectivity index (χ4n) is 0.569. The molecule has 0 saturated carbocycles. The minimum Gasteiger partial charge on any atom is -0.327 e. The smallest absolute Gasteiger partial charge is 0.160 e. The van der Waals surface area contributed by atoms with Gasteiger partial charge in [-0.15, -0.1) is 0 Å². The summed E-state index contributed by atoms with van der Waals surface area (Å²) in [6.45, 7) is 4.92. The molecule has 7 heteroatoms. The number of hydrogen-bond donors (Lipinski definition) is 6. The molecule has 0 aliphatic rings. The molecule has 0 unspecified atom stereocenters. The number of rotatable bonds is 4. The van der Waals surface area contributed by atoms with E-state index in [9.17, 15) is 0 Å².